The molecule has 5 nitrogen and oxygen atoms in total. The van der Waals surface area contributed by atoms with Gasteiger partial charge < -0.3 is 20.4 Å². The third kappa shape index (κ3) is 4.43. The number of amides is 1. The summed E-state index contributed by atoms with van der Waals surface area (Å²) in [6.45, 7) is 4.79. The molecule has 146 valence electrons. The summed E-state index contributed by atoms with van der Waals surface area (Å²) < 4.78 is 0. The number of anilines is 1. The van der Waals surface area contributed by atoms with Crippen LogP contribution in [0.15, 0.2) is 66.1 Å². The number of aliphatic hydroxyl groups excluding tert-OH is 1. The monoisotopic (exact) mass is 418 g/mol. The number of nitrogens with one attached hydrogen (secondary N) is 1. The summed E-state index contributed by atoms with van der Waals surface area (Å²) >= 11 is 11.9. The van der Waals surface area contributed by atoms with E-state index in [0.717, 1.165) is 18.4 Å². The molecule has 0 aliphatic carbocycles. The third-order valence-electron chi connectivity index (χ3n) is 4.54. The molecule has 1 amide bonds. The Morgan fingerprint density at radius 1 is 1.11 bits per heavy atom. The molecule has 0 aromatic heterocycles. The molecule has 0 unspecified atom stereocenters. The van der Waals surface area contributed by atoms with Crippen molar-refractivity contribution in [1.82, 2.24) is 5.32 Å². The standard InChI is InChI=1S/C21H20Cl2N2O3/c1-13(24-10-2-3-14-4-9-18(22)19(23)11-14)17-12-25(21(28)20(17)27)15-5-7-16(26)8-6-15/h4-9,11,24,26-27H,1-3,10,12H2. The fourth-order valence-electron chi connectivity index (χ4n) is 2.97. The van der Waals surface area contributed by atoms with Gasteiger partial charge in [0.15, 0.2) is 5.76 Å². The zero-order valence-electron chi connectivity index (χ0n) is 15.1. The number of hydrogen-bond acceptors (Lipinski definition) is 4. The molecule has 3 N–H and O–H groups in total. The first-order valence-corrected chi connectivity index (χ1v) is 9.52. The molecule has 0 fully saturated rings. The summed E-state index contributed by atoms with van der Waals surface area (Å²) in [7, 11) is 0. The highest BCUT2D eigenvalue weighted by molar-refractivity contribution is 6.42. The Hall–Kier alpha value is -2.63. The summed E-state index contributed by atoms with van der Waals surface area (Å²) in [6, 6.07) is 11.8. The topological polar surface area (TPSA) is 72.8 Å². The summed E-state index contributed by atoms with van der Waals surface area (Å²) in [4.78, 5) is 13.8. The molecule has 1 heterocycles. The van der Waals surface area contributed by atoms with Gasteiger partial charge in [0.25, 0.3) is 5.91 Å². The van der Waals surface area contributed by atoms with Crippen LogP contribution in [0.5, 0.6) is 5.75 Å². The van der Waals surface area contributed by atoms with E-state index in [1.807, 2.05) is 12.1 Å². The first kappa shape index (κ1) is 20.1. The fourth-order valence-corrected chi connectivity index (χ4v) is 3.30. The first-order valence-electron chi connectivity index (χ1n) is 8.77. The minimum atomic E-state index is -0.487. The van der Waals surface area contributed by atoms with Crippen molar-refractivity contribution in [3.63, 3.8) is 0 Å². The lowest BCUT2D eigenvalue weighted by Crippen LogP contribution is -2.27. The fraction of sp³-hybridized carbons (Fsp3) is 0.190. The Kier molecular flexibility index (Phi) is 6.17. The number of phenols is 1. The van der Waals surface area contributed by atoms with Gasteiger partial charge in [-0.2, -0.15) is 0 Å². The van der Waals surface area contributed by atoms with Gasteiger partial charge in [-0.15, -0.1) is 0 Å². The van der Waals surface area contributed by atoms with Crippen LogP contribution >= 0.6 is 23.2 Å². The van der Waals surface area contributed by atoms with Crippen molar-refractivity contribution in [3.8, 4) is 5.75 Å². The molecule has 28 heavy (non-hydrogen) atoms. The lowest BCUT2D eigenvalue weighted by molar-refractivity contribution is -0.116. The highest BCUT2D eigenvalue weighted by atomic mass is 35.5. The second-order valence-corrected chi connectivity index (χ2v) is 7.31. The third-order valence-corrected chi connectivity index (χ3v) is 5.28. The van der Waals surface area contributed by atoms with E-state index in [9.17, 15) is 15.0 Å². The molecule has 1 aliphatic rings. The van der Waals surface area contributed by atoms with Crippen molar-refractivity contribution >= 4 is 34.8 Å². The highest BCUT2D eigenvalue weighted by Crippen LogP contribution is 2.28. The van der Waals surface area contributed by atoms with Crippen molar-refractivity contribution in [1.29, 1.82) is 0 Å². The van der Waals surface area contributed by atoms with Gasteiger partial charge in [-0.1, -0.05) is 35.8 Å². The minimum Gasteiger partial charge on any atom is -0.508 e. The highest BCUT2D eigenvalue weighted by Gasteiger charge is 2.32. The second kappa shape index (κ2) is 8.59. The predicted octanol–water partition coefficient (Wildman–Crippen LogP) is 4.59. The van der Waals surface area contributed by atoms with E-state index in [2.05, 4.69) is 11.9 Å². The molecule has 7 heteroatoms. The van der Waals surface area contributed by atoms with Gasteiger partial charge in [-0.25, -0.2) is 0 Å². The number of benzene rings is 2. The maximum absolute atomic E-state index is 12.3. The van der Waals surface area contributed by atoms with Crippen LogP contribution in [0.1, 0.15) is 12.0 Å². The number of hydrogen-bond donors (Lipinski definition) is 3. The maximum Gasteiger partial charge on any atom is 0.293 e. The molecule has 2 aromatic carbocycles. The molecule has 0 atom stereocenters. The Labute approximate surface area is 173 Å². The van der Waals surface area contributed by atoms with E-state index in [-0.39, 0.29) is 18.1 Å². The number of aliphatic hydroxyl groups is 1. The van der Waals surface area contributed by atoms with Gasteiger partial charge in [0.2, 0.25) is 0 Å². The zero-order chi connectivity index (χ0) is 20.3. The van der Waals surface area contributed by atoms with E-state index in [0.29, 0.717) is 33.5 Å². The van der Waals surface area contributed by atoms with Crippen molar-refractivity contribution in [3.05, 3.63) is 81.7 Å². The average molecular weight is 419 g/mol. The summed E-state index contributed by atoms with van der Waals surface area (Å²) in [5, 5.41) is 23.8. The number of aryl methyl sites for hydroxylation is 1. The first-order chi connectivity index (χ1) is 13.4. The number of carbonyl (C=O) groups is 1. The molecule has 1 aliphatic heterocycles. The quantitative estimate of drug-likeness (QED) is 0.574. The average Bonchev–Trinajstić information content (AvgIpc) is 2.97. The van der Waals surface area contributed by atoms with E-state index in [4.69, 9.17) is 23.2 Å². The molecular weight excluding hydrogens is 399 g/mol. The van der Waals surface area contributed by atoms with Crippen LogP contribution in [0.25, 0.3) is 0 Å². The minimum absolute atomic E-state index is 0.112. The summed E-state index contributed by atoms with van der Waals surface area (Å²) in [5.74, 6) is -0.685. The van der Waals surface area contributed by atoms with Gasteiger partial charge >= 0.3 is 0 Å². The molecule has 0 bridgehead atoms. The van der Waals surface area contributed by atoms with E-state index in [1.54, 1.807) is 18.2 Å². The van der Waals surface area contributed by atoms with Crippen molar-refractivity contribution < 1.29 is 15.0 Å². The van der Waals surface area contributed by atoms with E-state index >= 15 is 0 Å². The number of nitrogens with zero attached hydrogens (tertiary/aromatic N) is 1. The largest absolute Gasteiger partial charge is 0.508 e. The molecule has 0 saturated heterocycles. The molecule has 3 rings (SSSR count). The van der Waals surface area contributed by atoms with Gasteiger partial charge in [0.05, 0.1) is 16.6 Å². The van der Waals surface area contributed by atoms with Crippen LogP contribution in [0, 0.1) is 0 Å². The summed E-state index contributed by atoms with van der Waals surface area (Å²) in [5.41, 5.74) is 2.66. The second-order valence-electron chi connectivity index (χ2n) is 6.49. The van der Waals surface area contributed by atoms with Crippen molar-refractivity contribution in [2.24, 2.45) is 0 Å². The lowest BCUT2D eigenvalue weighted by Gasteiger charge is -2.17. The SMILES string of the molecule is C=C(NCCCc1ccc(Cl)c(Cl)c1)C1=C(O)C(=O)N(c2ccc(O)cc2)C1. The van der Waals surface area contributed by atoms with Gasteiger partial charge in [-0.3, -0.25) is 4.79 Å². The molecule has 0 saturated carbocycles. The number of aromatic hydroxyl groups is 1. The Morgan fingerprint density at radius 2 is 1.82 bits per heavy atom. The van der Waals surface area contributed by atoms with Gasteiger partial charge in [0.1, 0.15) is 5.75 Å². The normalized spacial score (nSPS) is 13.9. The zero-order valence-corrected chi connectivity index (χ0v) is 16.6. The van der Waals surface area contributed by atoms with Crippen LogP contribution in [0.3, 0.4) is 0 Å². The lowest BCUT2D eigenvalue weighted by atomic mass is 10.1. The molecule has 0 spiro atoms. The van der Waals surface area contributed by atoms with Crippen LogP contribution in [0.4, 0.5) is 5.69 Å². The number of halogens is 2. The number of phenolic OH excluding ortho intramolecular Hbond substituents is 1. The maximum atomic E-state index is 12.3. The van der Waals surface area contributed by atoms with Gasteiger partial charge in [-0.05, 0) is 54.8 Å². The number of carbonyl (C=O) groups excluding carboxylic acids is 1. The smallest absolute Gasteiger partial charge is 0.293 e. The Bertz CT molecular complexity index is 939. The number of rotatable bonds is 7. The van der Waals surface area contributed by atoms with Crippen LogP contribution < -0.4 is 10.2 Å². The Balaban J connectivity index is 1.54. The Morgan fingerprint density at radius 3 is 2.50 bits per heavy atom. The van der Waals surface area contributed by atoms with Crippen LogP contribution in [0.2, 0.25) is 10.0 Å². The van der Waals surface area contributed by atoms with E-state index in [1.165, 1.54) is 17.0 Å². The van der Waals surface area contributed by atoms with Gasteiger partial charge in [0, 0.05) is 23.5 Å². The van der Waals surface area contributed by atoms with Crippen LogP contribution in [-0.4, -0.2) is 29.2 Å². The van der Waals surface area contributed by atoms with E-state index < -0.39 is 5.91 Å². The van der Waals surface area contributed by atoms with Crippen molar-refractivity contribution in [2.75, 3.05) is 18.0 Å². The predicted molar refractivity (Wildman–Crippen MR) is 112 cm³/mol. The molecule has 0 radical (unpaired) electrons. The summed E-state index contributed by atoms with van der Waals surface area (Å²) in [6.07, 6.45) is 1.63. The molecule has 2 aromatic rings. The molecular formula is C21H20Cl2N2O3. The van der Waals surface area contributed by atoms with Crippen molar-refractivity contribution in [2.45, 2.75) is 12.8 Å². The van der Waals surface area contributed by atoms with Crippen LogP contribution in [-0.2, 0) is 11.2 Å².